The Balaban J connectivity index is 1.59. The molecule has 4 aromatic rings. The Bertz CT molecular complexity index is 1060. The molecule has 7 nitrogen and oxygen atoms in total. The van der Waals surface area contributed by atoms with Gasteiger partial charge in [-0.25, -0.2) is 4.98 Å². The van der Waals surface area contributed by atoms with Gasteiger partial charge in [-0.3, -0.25) is 0 Å². The third-order valence-electron chi connectivity index (χ3n) is 4.76. The quantitative estimate of drug-likeness (QED) is 0.500. The maximum Gasteiger partial charge on any atom is 0.205 e. The summed E-state index contributed by atoms with van der Waals surface area (Å²) in [5.41, 5.74) is 11.2. The fraction of sp³-hybridized carbons (Fsp3) is 0.182. The van der Waals surface area contributed by atoms with Crippen molar-refractivity contribution >= 4 is 11.5 Å². The Labute approximate surface area is 169 Å². The van der Waals surface area contributed by atoms with E-state index in [-0.39, 0.29) is 0 Å². The largest absolute Gasteiger partial charge is 0.396 e. The Kier molecular flexibility index (Phi) is 5.47. The number of H-pyrrole nitrogens is 1. The number of nitrogens with one attached hydrogen (secondary N) is 1. The molecule has 0 unspecified atom stereocenters. The number of hydrogen-bond donors (Lipinski definition) is 2. The molecule has 2 heterocycles. The topological polar surface area (TPSA) is 96.6 Å². The fourth-order valence-corrected chi connectivity index (χ4v) is 3.42. The SMILES string of the molecule is CCCN(Cc1ccc(-c2ccccc2-c2nn[nH]n2)cc1)c1ncccc1N. The van der Waals surface area contributed by atoms with Gasteiger partial charge in [0.1, 0.15) is 0 Å². The Hall–Kier alpha value is -3.74. The van der Waals surface area contributed by atoms with Gasteiger partial charge >= 0.3 is 0 Å². The summed E-state index contributed by atoms with van der Waals surface area (Å²) in [4.78, 5) is 6.70. The highest BCUT2D eigenvalue weighted by molar-refractivity contribution is 5.80. The van der Waals surface area contributed by atoms with E-state index in [0.29, 0.717) is 11.5 Å². The van der Waals surface area contributed by atoms with Crippen molar-refractivity contribution in [3.8, 4) is 22.5 Å². The van der Waals surface area contributed by atoms with Gasteiger partial charge in [-0.05, 0) is 40.5 Å². The maximum absolute atomic E-state index is 6.14. The van der Waals surface area contributed by atoms with Gasteiger partial charge in [-0.2, -0.15) is 5.21 Å². The lowest BCUT2D eigenvalue weighted by atomic mass is 9.98. The van der Waals surface area contributed by atoms with Crippen molar-refractivity contribution in [2.45, 2.75) is 19.9 Å². The first-order chi connectivity index (χ1) is 14.3. The van der Waals surface area contributed by atoms with Crippen molar-refractivity contribution < 1.29 is 0 Å². The molecule has 146 valence electrons. The summed E-state index contributed by atoms with van der Waals surface area (Å²) in [6.45, 7) is 3.80. The smallest absolute Gasteiger partial charge is 0.205 e. The standard InChI is InChI=1S/C22H23N7/c1-2-14-29(22-20(23)8-5-13-24-22)15-16-9-11-17(12-10-16)18-6-3-4-7-19(18)21-25-27-28-26-21/h3-13H,2,14-15,23H2,1H3,(H,25,26,27,28). The number of aromatic nitrogens is 5. The molecule has 0 aliphatic carbocycles. The van der Waals surface area contributed by atoms with Crippen LogP contribution < -0.4 is 10.6 Å². The van der Waals surface area contributed by atoms with Crippen molar-refractivity contribution in [3.63, 3.8) is 0 Å². The van der Waals surface area contributed by atoms with Gasteiger partial charge < -0.3 is 10.6 Å². The summed E-state index contributed by atoms with van der Waals surface area (Å²) >= 11 is 0. The Morgan fingerprint density at radius 1 is 0.966 bits per heavy atom. The number of pyridine rings is 1. The molecule has 0 saturated carbocycles. The minimum absolute atomic E-state index is 0.587. The average Bonchev–Trinajstić information content (AvgIpc) is 3.29. The van der Waals surface area contributed by atoms with Crippen molar-refractivity contribution in [2.75, 3.05) is 17.2 Å². The van der Waals surface area contributed by atoms with Crippen LogP contribution in [0, 0.1) is 0 Å². The normalized spacial score (nSPS) is 10.8. The number of rotatable bonds is 7. The molecule has 0 spiro atoms. The first-order valence-corrected chi connectivity index (χ1v) is 9.64. The fourth-order valence-electron chi connectivity index (χ4n) is 3.42. The van der Waals surface area contributed by atoms with Gasteiger partial charge in [0.2, 0.25) is 5.82 Å². The third kappa shape index (κ3) is 4.08. The van der Waals surface area contributed by atoms with Gasteiger partial charge in [0.25, 0.3) is 0 Å². The average molecular weight is 385 g/mol. The van der Waals surface area contributed by atoms with E-state index < -0.39 is 0 Å². The predicted molar refractivity (Wildman–Crippen MR) is 115 cm³/mol. The Morgan fingerprint density at radius 2 is 1.76 bits per heavy atom. The molecule has 29 heavy (non-hydrogen) atoms. The molecule has 0 aliphatic heterocycles. The molecule has 7 heteroatoms. The van der Waals surface area contributed by atoms with Crippen LogP contribution in [-0.4, -0.2) is 32.2 Å². The minimum Gasteiger partial charge on any atom is -0.396 e. The molecule has 0 amide bonds. The second-order valence-electron chi connectivity index (χ2n) is 6.82. The van der Waals surface area contributed by atoms with Crippen LogP contribution in [0.15, 0.2) is 66.9 Å². The first-order valence-electron chi connectivity index (χ1n) is 9.64. The first kappa shape index (κ1) is 18.6. The summed E-state index contributed by atoms with van der Waals surface area (Å²) in [5, 5.41) is 14.4. The zero-order chi connectivity index (χ0) is 20.1. The van der Waals surface area contributed by atoms with Gasteiger partial charge in [-0.1, -0.05) is 55.5 Å². The monoisotopic (exact) mass is 385 g/mol. The lowest BCUT2D eigenvalue weighted by Crippen LogP contribution is -2.25. The molecule has 2 aromatic carbocycles. The molecule has 2 aromatic heterocycles. The number of benzene rings is 2. The molecule has 0 aliphatic rings. The summed E-state index contributed by atoms with van der Waals surface area (Å²) in [7, 11) is 0. The molecule has 0 fully saturated rings. The van der Waals surface area contributed by atoms with Crippen LogP contribution in [0.3, 0.4) is 0 Å². The third-order valence-corrected chi connectivity index (χ3v) is 4.76. The summed E-state index contributed by atoms with van der Waals surface area (Å²) in [5.74, 6) is 1.42. The van der Waals surface area contributed by atoms with E-state index >= 15 is 0 Å². The van der Waals surface area contributed by atoms with Gasteiger partial charge in [-0.15, -0.1) is 10.2 Å². The van der Waals surface area contributed by atoms with Crippen molar-refractivity contribution in [3.05, 3.63) is 72.4 Å². The van der Waals surface area contributed by atoms with E-state index in [1.807, 2.05) is 30.3 Å². The second-order valence-corrected chi connectivity index (χ2v) is 6.82. The summed E-state index contributed by atoms with van der Waals surface area (Å²) < 4.78 is 0. The molecular weight excluding hydrogens is 362 g/mol. The number of tetrazole rings is 1. The van der Waals surface area contributed by atoms with Crippen LogP contribution in [0.25, 0.3) is 22.5 Å². The molecule has 0 bridgehead atoms. The minimum atomic E-state index is 0.587. The number of nitrogen functional groups attached to an aromatic ring is 1. The predicted octanol–water partition coefficient (Wildman–Crippen LogP) is 3.93. The van der Waals surface area contributed by atoms with Crippen molar-refractivity contribution in [2.24, 2.45) is 0 Å². The van der Waals surface area contributed by atoms with Crippen molar-refractivity contribution in [1.29, 1.82) is 0 Å². The van der Waals surface area contributed by atoms with E-state index in [2.05, 4.69) is 67.8 Å². The zero-order valence-electron chi connectivity index (χ0n) is 16.3. The van der Waals surface area contributed by atoms with Crippen LogP contribution >= 0.6 is 0 Å². The molecule has 3 N–H and O–H groups in total. The highest BCUT2D eigenvalue weighted by atomic mass is 15.5. The van der Waals surface area contributed by atoms with Crippen molar-refractivity contribution in [1.82, 2.24) is 25.6 Å². The molecule has 0 atom stereocenters. The second kappa shape index (κ2) is 8.52. The highest BCUT2D eigenvalue weighted by Gasteiger charge is 2.13. The van der Waals surface area contributed by atoms with E-state index in [4.69, 9.17) is 5.73 Å². The number of hydrogen-bond acceptors (Lipinski definition) is 6. The number of nitrogens with two attached hydrogens (primary N) is 1. The molecule has 4 rings (SSSR count). The van der Waals surface area contributed by atoms with Crippen LogP contribution in [0.2, 0.25) is 0 Å². The van der Waals surface area contributed by atoms with Gasteiger partial charge in [0, 0.05) is 24.8 Å². The number of nitrogens with zero attached hydrogens (tertiary/aromatic N) is 5. The van der Waals surface area contributed by atoms with E-state index in [1.165, 1.54) is 5.56 Å². The summed E-state index contributed by atoms with van der Waals surface area (Å²) in [6, 6.07) is 20.3. The molecular formula is C22H23N7. The molecule has 0 radical (unpaired) electrons. The number of anilines is 2. The van der Waals surface area contributed by atoms with Crippen LogP contribution in [0.4, 0.5) is 11.5 Å². The van der Waals surface area contributed by atoms with Crippen LogP contribution in [-0.2, 0) is 6.54 Å². The number of aromatic amines is 1. The maximum atomic E-state index is 6.14. The van der Waals surface area contributed by atoms with Crippen LogP contribution in [0.5, 0.6) is 0 Å². The van der Waals surface area contributed by atoms with Gasteiger partial charge in [0.05, 0.1) is 5.69 Å². The van der Waals surface area contributed by atoms with Gasteiger partial charge in [0.15, 0.2) is 5.82 Å². The lowest BCUT2D eigenvalue weighted by Gasteiger charge is -2.24. The van der Waals surface area contributed by atoms with E-state index in [0.717, 1.165) is 42.0 Å². The highest BCUT2D eigenvalue weighted by Crippen LogP contribution is 2.30. The van der Waals surface area contributed by atoms with E-state index in [9.17, 15) is 0 Å². The van der Waals surface area contributed by atoms with Crippen LogP contribution in [0.1, 0.15) is 18.9 Å². The molecule has 0 saturated heterocycles. The Morgan fingerprint density at radius 3 is 2.45 bits per heavy atom. The lowest BCUT2D eigenvalue weighted by molar-refractivity contribution is 0.756. The zero-order valence-corrected chi connectivity index (χ0v) is 16.3. The van der Waals surface area contributed by atoms with E-state index in [1.54, 1.807) is 6.20 Å². The summed E-state index contributed by atoms with van der Waals surface area (Å²) in [6.07, 6.45) is 2.80.